The second-order valence-electron chi connectivity index (χ2n) is 13.6. The van der Waals surface area contributed by atoms with Gasteiger partial charge in [0.15, 0.2) is 0 Å². The van der Waals surface area contributed by atoms with Gasteiger partial charge in [-0.05, 0) is 61.4 Å². The molecule has 49 heavy (non-hydrogen) atoms. The van der Waals surface area contributed by atoms with E-state index >= 15 is 0 Å². The number of hydrogen-bond donors (Lipinski definition) is 7. The average Bonchev–Trinajstić information content (AvgIpc) is 3.06. The number of aromatic hydroxyl groups is 1. The number of carbonyl (C=O) groups is 4. The molecule has 1 heterocycles. The Balaban J connectivity index is 1.76. The molecule has 0 fully saturated rings. The molecule has 0 aliphatic carbocycles. The summed E-state index contributed by atoms with van der Waals surface area (Å²) in [6, 6.07) is 14.3. The molecule has 0 aliphatic rings. The Morgan fingerprint density at radius 1 is 0.837 bits per heavy atom. The van der Waals surface area contributed by atoms with Gasteiger partial charge in [-0.3, -0.25) is 19.2 Å². The molecule has 1 aromatic heterocycles. The molecule has 12 nitrogen and oxygen atoms in total. The number of carbonyl (C=O) groups excluding carboxylic acids is 4. The van der Waals surface area contributed by atoms with Crippen molar-refractivity contribution in [2.24, 2.45) is 11.3 Å². The minimum atomic E-state index is -1.40. The number of pyridine rings is 1. The molecule has 0 aliphatic heterocycles. The first-order valence-electron chi connectivity index (χ1n) is 16.8. The van der Waals surface area contributed by atoms with Gasteiger partial charge < -0.3 is 36.6 Å². The summed E-state index contributed by atoms with van der Waals surface area (Å²) in [4.78, 5) is 57.3. The Bertz CT molecular complexity index is 1570. The number of phenols is 1. The molecule has 12 heteroatoms. The summed E-state index contributed by atoms with van der Waals surface area (Å²) in [6.07, 6.45) is -1.01. The van der Waals surface area contributed by atoms with Crippen LogP contribution < -0.4 is 21.3 Å². The van der Waals surface area contributed by atoms with Crippen LogP contribution in [0.2, 0.25) is 0 Å². The van der Waals surface area contributed by atoms with Gasteiger partial charge >= 0.3 is 0 Å². The number of rotatable bonds is 16. The number of aromatic nitrogens is 1. The Labute approximate surface area is 288 Å². The number of para-hydroxylation sites is 1. The van der Waals surface area contributed by atoms with E-state index in [1.54, 1.807) is 30.3 Å². The zero-order valence-corrected chi connectivity index (χ0v) is 29.2. The maximum absolute atomic E-state index is 13.6. The maximum atomic E-state index is 13.6. The van der Waals surface area contributed by atoms with E-state index in [4.69, 9.17) is 0 Å². The molecule has 0 bridgehead atoms. The zero-order chi connectivity index (χ0) is 36.3. The molecule has 7 N–H and O–H groups in total. The maximum Gasteiger partial charge on any atom is 0.270 e. The number of nitrogens with one attached hydrogen (secondary N) is 4. The third-order valence-corrected chi connectivity index (χ3v) is 8.65. The number of amides is 4. The Morgan fingerprint density at radius 2 is 1.49 bits per heavy atom. The van der Waals surface area contributed by atoms with Gasteiger partial charge in [0.25, 0.3) is 5.91 Å². The monoisotopic (exact) mass is 677 g/mol. The van der Waals surface area contributed by atoms with E-state index in [1.807, 2.05) is 46.8 Å². The first kappa shape index (κ1) is 38.9. The van der Waals surface area contributed by atoms with Crippen molar-refractivity contribution in [2.75, 3.05) is 6.54 Å². The van der Waals surface area contributed by atoms with E-state index in [9.17, 15) is 34.5 Å². The van der Waals surface area contributed by atoms with Crippen molar-refractivity contribution in [1.82, 2.24) is 26.3 Å². The average molecular weight is 678 g/mol. The molecule has 3 aromatic rings. The Kier molecular flexibility index (Phi) is 14.1. The second kappa shape index (κ2) is 17.7. The van der Waals surface area contributed by atoms with Crippen molar-refractivity contribution >= 4 is 34.5 Å². The first-order chi connectivity index (χ1) is 23.1. The molecular formula is C37H51N5O7. The molecular weight excluding hydrogens is 626 g/mol. The SMILES string of the molecule is CCC(CC)NC(=O)C[C@@H](C(=O)NC[C@@H](O)[C@H](Cc1ccc(O)cc1)NC(=O)[C@@H](NC(=O)c1ccc2ccccc2n1)[C@@H](C)O)C(C)(C)C. The van der Waals surface area contributed by atoms with Gasteiger partial charge in [-0.25, -0.2) is 4.98 Å². The highest BCUT2D eigenvalue weighted by Gasteiger charge is 2.35. The van der Waals surface area contributed by atoms with Gasteiger partial charge in [-0.2, -0.15) is 0 Å². The predicted octanol–water partition coefficient (Wildman–Crippen LogP) is 2.98. The van der Waals surface area contributed by atoms with Gasteiger partial charge in [0.2, 0.25) is 17.7 Å². The summed E-state index contributed by atoms with van der Waals surface area (Å²) in [5, 5.41) is 43.4. The normalized spacial score (nSPS) is 14.7. The van der Waals surface area contributed by atoms with Gasteiger partial charge in [-0.1, -0.05) is 71.0 Å². The van der Waals surface area contributed by atoms with Crippen LogP contribution in [-0.4, -0.2) is 80.8 Å². The molecule has 0 saturated heterocycles. The van der Waals surface area contributed by atoms with E-state index in [-0.39, 0.29) is 42.8 Å². The third-order valence-electron chi connectivity index (χ3n) is 8.65. The number of hydrogen-bond acceptors (Lipinski definition) is 8. The number of nitrogens with zero attached hydrogens (tertiary/aromatic N) is 1. The van der Waals surface area contributed by atoms with Crippen LogP contribution in [0.3, 0.4) is 0 Å². The second-order valence-corrected chi connectivity index (χ2v) is 13.6. The predicted molar refractivity (Wildman–Crippen MR) is 188 cm³/mol. The molecule has 0 radical (unpaired) electrons. The lowest BCUT2D eigenvalue weighted by Gasteiger charge is -2.31. The molecule has 0 saturated carbocycles. The van der Waals surface area contributed by atoms with Crippen molar-refractivity contribution in [2.45, 2.75) is 97.6 Å². The van der Waals surface area contributed by atoms with Crippen LogP contribution in [-0.2, 0) is 20.8 Å². The summed E-state index contributed by atoms with van der Waals surface area (Å²) in [5.74, 6) is -2.74. The zero-order valence-electron chi connectivity index (χ0n) is 29.2. The topological polar surface area (TPSA) is 190 Å². The lowest BCUT2D eigenvalue weighted by atomic mass is 9.78. The molecule has 0 spiro atoms. The molecule has 3 rings (SSSR count). The van der Waals surface area contributed by atoms with Crippen molar-refractivity contribution in [3.05, 3.63) is 71.9 Å². The fourth-order valence-electron chi connectivity index (χ4n) is 5.48. The van der Waals surface area contributed by atoms with Crippen LogP contribution in [0, 0.1) is 11.3 Å². The van der Waals surface area contributed by atoms with Gasteiger partial charge in [-0.15, -0.1) is 0 Å². The lowest BCUT2D eigenvalue weighted by molar-refractivity contribution is -0.134. The fraction of sp³-hybridized carbons (Fsp3) is 0.486. The lowest BCUT2D eigenvalue weighted by Crippen LogP contribution is -2.58. The van der Waals surface area contributed by atoms with Crippen molar-refractivity contribution < 1.29 is 34.5 Å². The molecule has 2 aromatic carbocycles. The van der Waals surface area contributed by atoms with Crippen molar-refractivity contribution in [3.63, 3.8) is 0 Å². The van der Waals surface area contributed by atoms with E-state index in [1.165, 1.54) is 25.1 Å². The van der Waals surface area contributed by atoms with Crippen molar-refractivity contribution in [1.29, 1.82) is 0 Å². The number of aliphatic hydroxyl groups excluding tert-OH is 2. The highest BCUT2D eigenvalue weighted by Crippen LogP contribution is 2.29. The van der Waals surface area contributed by atoms with Crippen LogP contribution in [0.25, 0.3) is 10.9 Å². The van der Waals surface area contributed by atoms with Gasteiger partial charge in [0.1, 0.15) is 17.5 Å². The minimum absolute atomic E-state index is 0.0151. The van der Waals surface area contributed by atoms with Crippen LogP contribution in [0.1, 0.15) is 76.9 Å². The van der Waals surface area contributed by atoms with Crippen LogP contribution in [0.4, 0.5) is 0 Å². The summed E-state index contributed by atoms with van der Waals surface area (Å²) in [5.41, 5.74) is 0.746. The van der Waals surface area contributed by atoms with E-state index in [0.717, 1.165) is 18.2 Å². The first-order valence-corrected chi connectivity index (χ1v) is 16.8. The highest BCUT2D eigenvalue weighted by molar-refractivity contribution is 5.98. The van der Waals surface area contributed by atoms with E-state index < -0.39 is 53.3 Å². The summed E-state index contributed by atoms with van der Waals surface area (Å²) >= 11 is 0. The highest BCUT2D eigenvalue weighted by atomic mass is 16.3. The summed E-state index contributed by atoms with van der Waals surface area (Å²) in [6.45, 7) is 10.7. The third kappa shape index (κ3) is 11.5. The van der Waals surface area contributed by atoms with Crippen molar-refractivity contribution in [3.8, 4) is 5.75 Å². The number of aliphatic hydroxyl groups is 2. The smallest absolute Gasteiger partial charge is 0.270 e. The van der Waals surface area contributed by atoms with Crippen LogP contribution >= 0.6 is 0 Å². The number of benzene rings is 2. The van der Waals surface area contributed by atoms with Gasteiger partial charge in [0.05, 0.1) is 29.7 Å². The Morgan fingerprint density at radius 3 is 2.10 bits per heavy atom. The minimum Gasteiger partial charge on any atom is -0.508 e. The largest absolute Gasteiger partial charge is 0.508 e. The quantitative estimate of drug-likeness (QED) is 0.120. The number of fused-ring (bicyclic) bond motifs is 1. The van der Waals surface area contributed by atoms with E-state index in [2.05, 4.69) is 26.3 Å². The molecule has 5 atom stereocenters. The Hall–Kier alpha value is -4.55. The number of phenolic OH excluding ortho intramolecular Hbond substituents is 1. The summed E-state index contributed by atoms with van der Waals surface area (Å²) in [7, 11) is 0. The molecule has 266 valence electrons. The van der Waals surface area contributed by atoms with Crippen LogP contribution in [0.5, 0.6) is 5.75 Å². The molecule has 4 amide bonds. The summed E-state index contributed by atoms with van der Waals surface area (Å²) < 4.78 is 0. The van der Waals surface area contributed by atoms with E-state index in [0.29, 0.717) is 11.1 Å². The van der Waals surface area contributed by atoms with Crippen LogP contribution in [0.15, 0.2) is 60.7 Å². The molecule has 0 unspecified atom stereocenters. The van der Waals surface area contributed by atoms with Gasteiger partial charge in [0, 0.05) is 24.4 Å². The fourth-order valence-corrected chi connectivity index (χ4v) is 5.48. The standard InChI is InChI=1S/C37H51N5O7/c1-7-25(8-2)39-32(46)20-27(37(4,5)6)34(47)38-21-31(45)30(19-23-13-16-26(44)17-14-23)41-36(49)33(22(3)43)42-35(48)29-18-15-24-11-9-10-12-28(24)40-29/h9-18,22,25,27,30-31,33,43-45H,7-8,19-21H2,1-6H3,(H,38,47)(H,39,46)(H,41,49)(H,42,48)/t22-,27+,30+,31-,33+/m1/s1.